The largest absolute Gasteiger partial charge is 0.490 e. The zero-order valence-electron chi connectivity index (χ0n) is 27.3. The number of benzene rings is 2. The van der Waals surface area contributed by atoms with Crippen LogP contribution in [0.4, 0.5) is 5.69 Å². The number of nitrogens with one attached hydrogen (secondary N) is 1. The third kappa shape index (κ3) is 7.06. The number of rotatable bonds is 3. The number of nitrogens with zero attached hydrogens (tertiary/aromatic N) is 1. The Balaban J connectivity index is 1.39. The minimum Gasteiger partial charge on any atom is -0.490 e. The zero-order chi connectivity index (χ0) is 33.5. The molecule has 2 aromatic carbocycles. The monoisotopic (exact) mass is 684 g/mol. The van der Waals surface area contributed by atoms with E-state index in [1.54, 1.807) is 51.1 Å². The van der Waals surface area contributed by atoms with E-state index < -0.39 is 51.7 Å². The van der Waals surface area contributed by atoms with E-state index in [9.17, 15) is 23.1 Å². The van der Waals surface area contributed by atoms with Crippen molar-refractivity contribution in [1.29, 1.82) is 0 Å². The normalized spacial score (nSPS) is 31.0. The molecule has 254 valence electrons. The van der Waals surface area contributed by atoms with Crippen molar-refractivity contribution in [2.45, 2.75) is 88.6 Å². The number of aliphatic hydroxyl groups is 1. The molecule has 1 saturated carbocycles. The molecular formula is C36H45ClN2O7S. The van der Waals surface area contributed by atoms with Crippen LogP contribution in [0.1, 0.15) is 80.8 Å². The maximum atomic E-state index is 13.7. The second-order valence-electron chi connectivity index (χ2n) is 14.2. The van der Waals surface area contributed by atoms with Gasteiger partial charge >= 0.3 is 5.97 Å². The highest BCUT2D eigenvalue weighted by Gasteiger charge is 2.44. The van der Waals surface area contributed by atoms with Crippen LogP contribution in [-0.4, -0.2) is 62.6 Å². The van der Waals surface area contributed by atoms with Crippen molar-refractivity contribution in [1.82, 2.24) is 4.72 Å². The number of hydrogen-bond acceptors (Lipinski definition) is 8. The number of aliphatic hydroxyl groups excluding tert-OH is 1. The van der Waals surface area contributed by atoms with Crippen molar-refractivity contribution in [3.8, 4) is 5.75 Å². The molecule has 0 unspecified atom stereocenters. The predicted molar refractivity (Wildman–Crippen MR) is 181 cm³/mol. The standard InChI is InChI=1S/C36H45ClN2O7S/c1-22(2)46-34(41)18-33-23(3)6-4-8-31(40)28-12-9-26(28)19-39-20-36(15-5-7-24-16-27(37)11-13-29(24)36)21-45-32-14-10-25(17-30(32)39)35(42)38-47(33,43)44/h4,8,10-11,13-14,16-17,22-23,26,28,31,33,40H,5-7,9,12,15,18-21H2,1-3H3,(H,38,42)/b8-4-/t23-,26+,28-,31+,33+,36+/m1/s1. The van der Waals surface area contributed by atoms with Crippen LogP contribution >= 0.6 is 11.6 Å². The number of fused-ring (bicyclic) bond motifs is 4. The lowest BCUT2D eigenvalue weighted by atomic mass is 9.68. The van der Waals surface area contributed by atoms with E-state index in [0.29, 0.717) is 36.9 Å². The van der Waals surface area contributed by atoms with Gasteiger partial charge < -0.3 is 19.5 Å². The topological polar surface area (TPSA) is 122 Å². The summed E-state index contributed by atoms with van der Waals surface area (Å²) in [6.45, 7) is 6.89. The van der Waals surface area contributed by atoms with Gasteiger partial charge in [-0.25, -0.2) is 13.1 Å². The van der Waals surface area contributed by atoms with Crippen LogP contribution in [0.5, 0.6) is 5.75 Å². The third-order valence-electron chi connectivity index (χ3n) is 10.5. The van der Waals surface area contributed by atoms with Gasteiger partial charge in [-0.05, 0) is 112 Å². The van der Waals surface area contributed by atoms with Crippen LogP contribution < -0.4 is 14.4 Å². The Bertz CT molecular complexity index is 1660. The Hall–Kier alpha value is -3.08. The van der Waals surface area contributed by atoms with E-state index in [4.69, 9.17) is 21.1 Å². The number of anilines is 1. The van der Waals surface area contributed by atoms with E-state index in [-0.39, 0.29) is 22.8 Å². The molecule has 0 aromatic heterocycles. The fourth-order valence-electron chi connectivity index (χ4n) is 7.89. The fourth-order valence-corrected chi connectivity index (χ4v) is 9.69. The minimum atomic E-state index is -4.30. The second kappa shape index (κ2) is 13.4. The summed E-state index contributed by atoms with van der Waals surface area (Å²) in [4.78, 5) is 28.6. The molecule has 2 heterocycles. The Labute approximate surface area is 282 Å². The summed E-state index contributed by atoms with van der Waals surface area (Å²) in [6, 6.07) is 11.1. The first-order chi connectivity index (χ1) is 22.3. The van der Waals surface area contributed by atoms with Gasteiger partial charge in [-0.2, -0.15) is 0 Å². The number of carbonyl (C=O) groups excluding carboxylic acids is 2. The van der Waals surface area contributed by atoms with Gasteiger partial charge in [0.1, 0.15) is 5.75 Å². The second-order valence-corrected chi connectivity index (χ2v) is 16.5. The molecule has 0 saturated heterocycles. The first-order valence-corrected chi connectivity index (χ1v) is 18.7. The quantitative estimate of drug-likeness (QED) is 0.318. The first-order valence-electron chi connectivity index (χ1n) is 16.8. The summed E-state index contributed by atoms with van der Waals surface area (Å²) in [7, 11) is -4.30. The number of hydrogen-bond donors (Lipinski definition) is 2. The molecule has 2 aliphatic heterocycles. The van der Waals surface area contributed by atoms with E-state index in [1.807, 2.05) is 12.1 Å². The molecule has 2 aromatic rings. The predicted octanol–water partition coefficient (Wildman–Crippen LogP) is 5.57. The Morgan fingerprint density at radius 3 is 2.77 bits per heavy atom. The van der Waals surface area contributed by atoms with Gasteiger partial charge in [0, 0.05) is 29.1 Å². The summed E-state index contributed by atoms with van der Waals surface area (Å²) < 4.78 is 41.6. The molecule has 4 aliphatic rings. The summed E-state index contributed by atoms with van der Waals surface area (Å²) in [5.41, 5.74) is 3.04. The molecule has 2 aliphatic carbocycles. The van der Waals surface area contributed by atoms with Crippen molar-refractivity contribution in [3.63, 3.8) is 0 Å². The minimum absolute atomic E-state index is 0.0440. The molecule has 6 atom stereocenters. The highest BCUT2D eigenvalue weighted by Crippen LogP contribution is 2.46. The van der Waals surface area contributed by atoms with Crippen LogP contribution in [0.15, 0.2) is 48.6 Å². The number of allylic oxidation sites excluding steroid dienone is 1. The first kappa shape index (κ1) is 33.8. The number of carbonyl (C=O) groups is 2. The number of ether oxygens (including phenoxy) is 2. The van der Waals surface area contributed by atoms with Crippen LogP contribution in [0, 0.1) is 17.8 Å². The Morgan fingerprint density at radius 1 is 1.21 bits per heavy atom. The van der Waals surface area contributed by atoms with Crippen molar-refractivity contribution < 1.29 is 32.6 Å². The lowest BCUT2D eigenvalue weighted by molar-refractivity contribution is -0.147. The molecule has 1 amide bonds. The maximum absolute atomic E-state index is 13.7. The molecule has 0 radical (unpaired) electrons. The summed E-state index contributed by atoms with van der Waals surface area (Å²) in [5.74, 6) is -1.06. The highest BCUT2D eigenvalue weighted by molar-refractivity contribution is 7.90. The SMILES string of the molecule is CC(C)OC(=O)C[C@H]1[C@H](C)C/C=C\[C@H](O)[C@@H]2CC[C@H]2CN2C[C@@]3(CCCc4cc(Cl)ccc43)COc3ccc(cc32)C(=O)NS1(=O)=O. The Morgan fingerprint density at radius 2 is 2.02 bits per heavy atom. The molecule has 6 rings (SSSR count). The fraction of sp³-hybridized carbons (Fsp3) is 0.556. The smallest absolute Gasteiger partial charge is 0.307 e. The van der Waals surface area contributed by atoms with Gasteiger partial charge in [0.2, 0.25) is 10.0 Å². The van der Waals surface area contributed by atoms with Gasteiger partial charge in [0.05, 0.1) is 36.2 Å². The zero-order valence-corrected chi connectivity index (χ0v) is 28.9. The van der Waals surface area contributed by atoms with Crippen LogP contribution in [-0.2, 0) is 31.4 Å². The molecule has 9 nitrogen and oxygen atoms in total. The number of aryl methyl sites for hydroxylation is 1. The molecule has 47 heavy (non-hydrogen) atoms. The van der Waals surface area contributed by atoms with Gasteiger partial charge in [0.15, 0.2) is 0 Å². The van der Waals surface area contributed by atoms with E-state index in [1.165, 1.54) is 11.1 Å². The molecule has 1 spiro atoms. The summed E-state index contributed by atoms with van der Waals surface area (Å²) in [5, 5.41) is 10.8. The van der Waals surface area contributed by atoms with E-state index in [2.05, 4.69) is 15.7 Å². The molecule has 2 bridgehead atoms. The highest BCUT2D eigenvalue weighted by atomic mass is 35.5. The number of amides is 1. The molecule has 1 fully saturated rings. The number of sulfonamides is 1. The van der Waals surface area contributed by atoms with Gasteiger partial charge in [0.25, 0.3) is 5.91 Å². The van der Waals surface area contributed by atoms with Crippen molar-refractivity contribution in [2.24, 2.45) is 17.8 Å². The molecule has 11 heteroatoms. The van der Waals surface area contributed by atoms with Crippen molar-refractivity contribution in [2.75, 3.05) is 24.6 Å². The molecular weight excluding hydrogens is 640 g/mol. The third-order valence-corrected chi connectivity index (χ3v) is 12.6. The maximum Gasteiger partial charge on any atom is 0.307 e. The van der Waals surface area contributed by atoms with Gasteiger partial charge in [-0.3, -0.25) is 9.59 Å². The van der Waals surface area contributed by atoms with Crippen molar-refractivity contribution >= 4 is 39.2 Å². The average Bonchev–Trinajstić information content (AvgIpc) is 3.13. The summed E-state index contributed by atoms with van der Waals surface area (Å²) in [6.07, 6.45) is 7.09. The van der Waals surface area contributed by atoms with Gasteiger partial charge in [-0.15, -0.1) is 0 Å². The average molecular weight is 685 g/mol. The van der Waals surface area contributed by atoms with Crippen LogP contribution in [0.25, 0.3) is 0 Å². The Kier molecular flexibility index (Phi) is 9.67. The molecule has 2 N–H and O–H groups in total. The van der Waals surface area contributed by atoms with Crippen LogP contribution in [0.3, 0.4) is 0 Å². The van der Waals surface area contributed by atoms with Crippen molar-refractivity contribution in [3.05, 3.63) is 70.3 Å². The summed E-state index contributed by atoms with van der Waals surface area (Å²) >= 11 is 6.40. The van der Waals surface area contributed by atoms with E-state index >= 15 is 0 Å². The van der Waals surface area contributed by atoms with Crippen LogP contribution in [0.2, 0.25) is 5.02 Å². The number of halogens is 1. The van der Waals surface area contributed by atoms with E-state index in [0.717, 1.165) is 37.8 Å². The van der Waals surface area contributed by atoms with Gasteiger partial charge in [-0.1, -0.05) is 36.7 Å². The lowest BCUT2D eigenvalue weighted by Crippen LogP contribution is -2.49. The lowest BCUT2D eigenvalue weighted by Gasteiger charge is -2.45. The number of esters is 1.